The predicted molar refractivity (Wildman–Crippen MR) is 75.6 cm³/mol. The summed E-state index contributed by atoms with van der Waals surface area (Å²) >= 11 is 0. The summed E-state index contributed by atoms with van der Waals surface area (Å²) in [4.78, 5) is 24.6. The van der Waals surface area contributed by atoms with Gasteiger partial charge in [0, 0.05) is 12.3 Å². The van der Waals surface area contributed by atoms with Gasteiger partial charge in [-0.1, -0.05) is 13.8 Å². The Balaban J connectivity index is 1.79. The molecular weight excluding hydrogens is 250 g/mol. The van der Waals surface area contributed by atoms with Crippen LogP contribution in [0.15, 0.2) is 0 Å². The van der Waals surface area contributed by atoms with Gasteiger partial charge in [0.25, 0.3) is 0 Å². The third-order valence-corrected chi connectivity index (χ3v) is 6.92. The minimum absolute atomic E-state index is 0.000995. The molecule has 3 nitrogen and oxygen atoms in total. The molecule has 0 aromatic carbocycles. The average Bonchev–Trinajstić information content (AvgIpc) is 2.33. The van der Waals surface area contributed by atoms with Crippen LogP contribution >= 0.6 is 0 Å². The molecule has 4 saturated carbocycles. The van der Waals surface area contributed by atoms with E-state index in [1.165, 1.54) is 32.1 Å². The van der Waals surface area contributed by atoms with Crippen molar-refractivity contribution in [3.8, 4) is 0 Å². The fraction of sp³-hybridized carbons (Fsp3) is 0.882. The van der Waals surface area contributed by atoms with Gasteiger partial charge in [-0.05, 0) is 67.1 Å². The second kappa shape index (κ2) is 4.08. The summed E-state index contributed by atoms with van der Waals surface area (Å²) in [6.45, 7) is 4.32. The van der Waals surface area contributed by atoms with Crippen LogP contribution in [-0.2, 0) is 9.59 Å². The second-order valence-electron chi connectivity index (χ2n) is 8.23. The van der Waals surface area contributed by atoms with Gasteiger partial charge in [0.2, 0.25) is 11.8 Å². The zero-order chi connectivity index (χ0) is 14.1. The molecule has 1 unspecified atom stereocenters. The Bertz CT molecular complexity index is 440. The molecule has 3 heteroatoms. The van der Waals surface area contributed by atoms with E-state index in [1.807, 2.05) is 0 Å². The highest BCUT2D eigenvalue weighted by Gasteiger charge is 2.64. The van der Waals surface area contributed by atoms with Crippen molar-refractivity contribution in [3.63, 3.8) is 0 Å². The molecular formula is C17H25NO2. The van der Waals surface area contributed by atoms with E-state index >= 15 is 0 Å². The third-order valence-electron chi connectivity index (χ3n) is 6.92. The van der Waals surface area contributed by atoms with Crippen LogP contribution in [0.25, 0.3) is 0 Å². The van der Waals surface area contributed by atoms with Gasteiger partial charge in [0.15, 0.2) is 0 Å². The van der Waals surface area contributed by atoms with Crippen molar-refractivity contribution >= 4 is 11.8 Å². The molecule has 2 amide bonds. The molecule has 1 N–H and O–H groups in total. The Morgan fingerprint density at radius 1 is 1.00 bits per heavy atom. The monoisotopic (exact) mass is 275 g/mol. The van der Waals surface area contributed by atoms with Gasteiger partial charge in [-0.2, -0.15) is 0 Å². The Morgan fingerprint density at radius 3 is 2.05 bits per heavy atom. The molecule has 0 aromatic heterocycles. The maximum Gasteiger partial charge on any atom is 0.230 e. The SMILES string of the molecule is CC(C)C1C(=O)NC(=O)CC12C1CC3CC(C1)CC2C3. The molecule has 0 aromatic rings. The third kappa shape index (κ3) is 1.52. The number of hydrogen-bond acceptors (Lipinski definition) is 2. The van der Waals surface area contributed by atoms with Gasteiger partial charge >= 0.3 is 0 Å². The van der Waals surface area contributed by atoms with Crippen molar-refractivity contribution < 1.29 is 9.59 Å². The van der Waals surface area contributed by atoms with Crippen molar-refractivity contribution in [1.82, 2.24) is 5.32 Å². The zero-order valence-corrected chi connectivity index (χ0v) is 12.5. The lowest BCUT2D eigenvalue weighted by Crippen LogP contribution is -2.64. The Kier molecular flexibility index (Phi) is 2.62. The normalized spacial score (nSPS) is 50.0. The molecule has 1 aliphatic heterocycles. The van der Waals surface area contributed by atoms with Crippen LogP contribution in [0, 0.1) is 40.9 Å². The quantitative estimate of drug-likeness (QED) is 0.748. The number of carbonyl (C=O) groups excluding carboxylic acids is 2. The first kappa shape index (κ1) is 12.8. The van der Waals surface area contributed by atoms with Gasteiger partial charge in [-0.15, -0.1) is 0 Å². The predicted octanol–water partition coefficient (Wildman–Crippen LogP) is 2.75. The average molecular weight is 275 g/mol. The topological polar surface area (TPSA) is 46.2 Å². The van der Waals surface area contributed by atoms with E-state index < -0.39 is 0 Å². The van der Waals surface area contributed by atoms with Crippen molar-refractivity contribution in [2.24, 2.45) is 40.9 Å². The lowest BCUT2D eigenvalue weighted by atomic mass is 9.40. The van der Waals surface area contributed by atoms with Gasteiger partial charge in [0.1, 0.15) is 0 Å². The van der Waals surface area contributed by atoms with Gasteiger partial charge < -0.3 is 0 Å². The number of nitrogens with one attached hydrogen (secondary N) is 1. The molecule has 1 spiro atoms. The molecule has 1 saturated heterocycles. The molecule has 4 bridgehead atoms. The fourth-order valence-corrected chi connectivity index (χ4v) is 6.67. The highest BCUT2D eigenvalue weighted by Crippen LogP contribution is 2.67. The van der Waals surface area contributed by atoms with Crippen LogP contribution in [0.2, 0.25) is 0 Å². The highest BCUT2D eigenvalue weighted by atomic mass is 16.2. The summed E-state index contributed by atoms with van der Waals surface area (Å²) in [6, 6.07) is 0. The van der Waals surface area contributed by atoms with E-state index in [4.69, 9.17) is 0 Å². The fourth-order valence-electron chi connectivity index (χ4n) is 6.67. The number of hydrogen-bond donors (Lipinski definition) is 1. The Hall–Kier alpha value is -0.860. The number of rotatable bonds is 1. The van der Waals surface area contributed by atoms with Crippen LogP contribution in [0.4, 0.5) is 0 Å². The van der Waals surface area contributed by atoms with Crippen LogP contribution in [0.5, 0.6) is 0 Å². The lowest BCUT2D eigenvalue weighted by molar-refractivity contribution is -0.181. The molecule has 5 fully saturated rings. The van der Waals surface area contributed by atoms with Crippen LogP contribution < -0.4 is 5.32 Å². The van der Waals surface area contributed by atoms with Gasteiger partial charge in [0.05, 0.1) is 0 Å². The number of amides is 2. The number of carbonyl (C=O) groups is 2. The van der Waals surface area contributed by atoms with Crippen molar-refractivity contribution in [2.45, 2.75) is 52.4 Å². The molecule has 5 rings (SSSR count). The molecule has 1 atom stereocenters. The van der Waals surface area contributed by atoms with E-state index in [0.717, 1.165) is 11.8 Å². The van der Waals surface area contributed by atoms with E-state index in [2.05, 4.69) is 19.2 Å². The summed E-state index contributed by atoms with van der Waals surface area (Å²) in [5.74, 6) is 3.41. The van der Waals surface area contributed by atoms with E-state index in [1.54, 1.807) is 0 Å². The first-order valence-electron chi connectivity index (χ1n) is 8.34. The first-order chi connectivity index (χ1) is 9.50. The maximum absolute atomic E-state index is 12.5. The molecule has 20 heavy (non-hydrogen) atoms. The van der Waals surface area contributed by atoms with Crippen LogP contribution in [-0.4, -0.2) is 11.8 Å². The van der Waals surface area contributed by atoms with Gasteiger partial charge in [-0.25, -0.2) is 0 Å². The summed E-state index contributed by atoms with van der Waals surface area (Å²) < 4.78 is 0. The number of piperidine rings is 1. The van der Waals surface area contributed by atoms with E-state index in [9.17, 15) is 9.59 Å². The Morgan fingerprint density at radius 2 is 1.55 bits per heavy atom. The number of imide groups is 1. The zero-order valence-electron chi connectivity index (χ0n) is 12.5. The van der Waals surface area contributed by atoms with E-state index in [-0.39, 0.29) is 23.1 Å². The smallest absolute Gasteiger partial charge is 0.230 e. The van der Waals surface area contributed by atoms with Crippen molar-refractivity contribution in [1.29, 1.82) is 0 Å². The van der Waals surface area contributed by atoms with Crippen LogP contribution in [0.1, 0.15) is 52.4 Å². The second-order valence-corrected chi connectivity index (χ2v) is 8.23. The van der Waals surface area contributed by atoms with Crippen LogP contribution in [0.3, 0.4) is 0 Å². The molecule has 1 heterocycles. The van der Waals surface area contributed by atoms with Crippen molar-refractivity contribution in [3.05, 3.63) is 0 Å². The highest BCUT2D eigenvalue weighted by molar-refractivity contribution is 6.00. The summed E-state index contributed by atoms with van der Waals surface area (Å²) in [6.07, 6.45) is 7.12. The lowest BCUT2D eigenvalue weighted by Gasteiger charge is -2.65. The Labute approximate surface area is 120 Å². The largest absolute Gasteiger partial charge is 0.296 e. The summed E-state index contributed by atoms with van der Waals surface area (Å²) in [5, 5.41) is 2.62. The minimum Gasteiger partial charge on any atom is -0.296 e. The summed E-state index contributed by atoms with van der Waals surface area (Å²) in [7, 11) is 0. The van der Waals surface area contributed by atoms with E-state index in [0.29, 0.717) is 24.2 Å². The molecule has 4 aliphatic carbocycles. The maximum atomic E-state index is 12.5. The summed E-state index contributed by atoms with van der Waals surface area (Å²) in [5.41, 5.74) is 0.000995. The van der Waals surface area contributed by atoms with Crippen molar-refractivity contribution in [2.75, 3.05) is 0 Å². The van der Waals surface area contributed by atoms with Gasteiger partial charge in [-0.3, -0.25) is 14.9 Å². The first-order valence-corrected chi connectivity index (χ1v) is 8.34. The molecule has 110 valence electrons. The standard InChI is InChI=1S/C17H25NO2/c1-9(2)15-16(20)18-14(19)8-17(15)12-4-10-3-11(6-12)7-13(17)5-10/h9-13,15H,3-8H2,1-2H3,(H,18,19,20). The molecule has 5 aliphatic rings. The molecule has 0 radical (unpaired) electrons. The minimum atomic E-state index is -0.0145.